The fraction of sp³-hybridized carbons (Fsp3) is 0.658. The number of methoxy groups -OCH3 is 1. The van der Waals surface area contributed by atoms with Crippen molar-refractivity contribution in [1.29, 1.82) is 0 Å². The summed E-state index contributed by atoms with van der Waals surface area (Å²) in [7, 11) is 1.45. The highest BCUT2D eigenvalue weighted by atomic mass is 16.5. The lowest BCUT2D eigenvalue weighted by Crippen LogP contribution is -2.28. The van der Waals surface area contributed by atoms with Crippen LogP contribution in [0.5, 0.6) is 5.75 Å². The number of aromatic hydroxyl groups is 1. The van der Waals surface area contributed by atoms with Crippen molar-refractivity contribution in [2.45, 2.75) is 122 Å². The summed E-state index contributed by atoms with van der Waals surface area (Å²) in [4.78, 5) is 12.3. The smallest absolute Gasteiger partial charge is 0.311 e. The Balaban J connectivity index is 0.000000277. The molecule has 0 aliphatic heterocycles. The van der Waals surface area contributed by atoms with E-state index in [0.717, 1.165) is 17.9 Å². The fourth-order valence-corrected chi connectivity index (χ4v) is 9.17. The van der Waals surface area contributed by atoms with E-state index in [4.69, 9.17) is 4.74 Å². The summed E-state index contributed by atoms with van der Waals surface area (Å²) in [5.74, 6) is 6.17. The Bertz CT molecular complexity index is 1100. The third-order valence-electron chi connectivity index (χ3n) is 11.4. The van der Waals surface area contributed by atoms with Crippen LogP contribution in [0.1, 0.15) is 139 Å². The molecule has 0 radical (unpaired) electrons. The van der Waals surface area contributed by atoms with Gasteiger partial charge in [0, 0.05) is 0 Å². The van der Waals surface area contributed by atoms with E-state index in [0.29, 0.717) is 12.3 Å². The minimum absolute atomic E-state index is 0.180. The fourth-order valence-electron chi connectivity index (χ4n) is 9.17. The summed E-state index contributed by atoms with van der Waals surface area (Å²) in [6.45, 7) is 6.18. The Labute approximate surface area is 249 Å². The van der Waals surface area contributed by atoms with Crippen LogP contribution in [0.25, 0.3) is 0 Å². The first-order chi connectivity index (χ1) is 19.7. The van der Waals surface area contributed by atoms with Crippen molar-refractivity contribution in [2.75, 3.05) is 7.11 Å². The second-order valence-corrected chi connectivity index (χ2v) is 14.6. The maximum absolute atomic E-state index is 12.3. The van der Waals surface area contributed by atoms with E-state index in [1.54, 1.807) is 50.7 Å². The number of phenolic OH excluding ortho intramolecular Hbond substituents is 1. The topological polar surface area (TPSA) is 46.5 Å². The first-order valence-corrected chi connectivity index (χ1v) is 16.7. The van der Waals surface area contributed by atoms with Crippen LogP contribution in [0, 0.1) is 29.1 Å². The van der Waals surface area contributed by atoms with Gasteiger partial charge in [-0.25, -0.2) is 0 Å². The average Bonchev–Trinajstić information content (AvgIpc) is 3.74. The number of esters is 1. The van der Waals surface area contributed by atoms with Crippen LogP contribution >= 0.6 is 0 Å². The molecule has 4 saturated carbocycles. The Morgan fingerprint density at radius 3 is 2.00 bits per heavy atom. The summed E-state index contributed by atoms with van der Waals surface area (Å²) in [6.07, 6.45) is 17.9. The lowest BCUT2D eigenvalue weighted by Gasteiger charge is -2.30. The molecule has 6 unspecified atom stereocenters. The van der Waals surface area contributed by atoms with Crippen molar-refractivity contribution in [2.24, 2.45) is 29.1 Å². The first kappa shape index (κ1) is 30.2. The van der Waals surface area contributed by atoms with Crippen LogP contribution in [-0.2, 0) is 9.53 Å². The predicted octanol–water partition coefficient (Wildman–Crippen LogP) is 10.1. The molecular weight excluding hydrogens is 504 g/mol. The van der Waals surface area contributed by atoms with E-state index >= 15 is 0 Å². The number of carbonyl (C=O) groups is 1. The maximum atomic E-state index is 12.3. The highest BCUT2D eigenvalue weighted by molar-refractivity contribution is 5.75. The summed E-state index contributed by atoms with van der Waals surface area (Å²) in [6, 6.07) is 16.7. The summed E-state index contributed by atoms with van der Waals surface area (Å²) in [5, 5.41) is 9.72. The molecule has 0 aromatic heterocycles. The number of hydrogen-bond acceptors (Lipinski definition) is 3. The lowest BCUT2D eigenvalue weighted by atomic mass is 9.75. The van der Waals surface area contributed by atoms with Crippen LogP contribution in [0.15, 0.2) is 48.5 Å². The number of benzene rings is 2. The van der Waals surface area contributed by atoms with Gasteiger partial charge in [-0.2, -0.15) is 0 Å². The van der Waals surface area contributed by atoms with E-state index in [-0.39, 0.29) is 17.6 Å². The SMILES string of the molecule is C1CC2C3CCC(C3)C2C1.COC(=O)C(C)(C)CC(CC(C)c1ccc(C2CCCCC2)cc1)c1ccc(O)cc1. The number of phenols is 1. The van der Waals surface area contributed by atoms with Crippen molar-refractivity contribution >= 4 is 5.97 Å². The standard InChI is InChI=1S/C28H38O3.C10H16/c1-20(21-10-12-23(13-11-21)22-8-6-5-7-9-22)18-25(19-28(2,3)27(30)31-4)24-14-16-26(29)17-15-24;1-2-9-7-4-5-8(6-7)10(9)3-1/h10-17,20,22,25,29H,5-9,18-19H2,1-4H3;7-10H,1-6H2. The van der Waals surface area contributed by atoms with Gasteiger partial charge in [0.05, 0.1) is 12.5 Å². The molecule has 0 saturated heterocycles. The summed E-state index contributed by atoms with van der Waals surface area (Å²) in [5.41, 5.74) is 3.42. The molecule has 6 atom stereocenters. The lowest BCUT2D eigenvalue weighted by molar-refractivity contribution is -0.151. The minimum Gasteiger partial charge on any atom is -0.508 e. The molecule has 4 aliphatic carbocycles. The molecule has 1 N–H and O–H groups in total. The van der Waals surface area contributed by atoms with Crippen LogP contribution in [0.4, 0.5) is 0 Å². The van der Waals surface area contributed by atoms with Gasteiger partial charge < -0.3 is 9.84 Å². The van der Waals surface area contributed by atoms with Gasteiger partial charge in [0.25, 0.3) is 0 Å². The first-order valence-electron chi connectivity index (χ1n) is 16.7. The molecule has 0 heterocycles. The van der Waals surface area contributed by atoms with Crippen molar-refractivity contribution in [3.05, 3.63) is 65.2 Å². The molecule has 6 rings (SSSR count). The zero-order valence-corrected chi connectivity index (χ0v) is 26.1. The Kier molecular flexibility index (Phi) is 9.82. The third-order valence-corrected chi connectivity index (χ3v) is 11.4. The number of hydrogen-bond donors (Lipinski definition) is 1. The van der Waals surface area contributed by atoms with Gasteiger partial charge in [-0.3, -0.25) is 4.79 Å². The van der Waals surface area contributed by atoms with Gasteiger partial charge in [-0.15, -0.1) is 0 Å². The van der Waals surface area contributed by atoms with E-state index in [9.17, 15) is 9.90 Å². The van der Waals surface area contributed by atoms with Crippen LogP contribution in [-0.4, -0.2) is 18.2 Å². The summed E-state index contributed by atoms with van der Waals surface area (Å²) < 4.78 is 5.05. The van der Waals surface area contributed by atoms with Gasteiger partial charge >= 0.3 is 5.97 Å². The molecule has 224 valence electrons. The second-order valence-electron chi connectivity index (χ2n) is 14.6. The largest absolute Gasteiger partial charge is 0.508 e. The van der Waals surface area contributed by atoms with Crippen molar-refractivity contribution in [3.63, 3.8) is 0 Å². The molecule has 41 heavy (non-hydrogen) atoms. The third kappa shape index (κ3) is 7.20. The van der Waals surface area contributed by atoms with Crippen LogP contribution in [0.3, 0.4) is 0 Å². The number of ether oxygens (including phenoxy) is 1. The van der Waals surface area contributed by atoms with E-state index < -0.39 is 5.41 Å². The van der Waals surface area contributed by atoms with E-state index in [1.807, 2.05) is 26.0 Å². The molecule has 2 aromatic carbocycles. The minimum atomic E-state index is -0.568. The van der Waals surface area contributed by atoms with Crippen LogP contribution in [0.2, 0.25) is 0 Å². The zero-order chi connectivity index (χ0) is 29.0. The molecule has 2 aromatic rings. The van der Waals surface area contributed by atoms with Gasteiger partial charge in [0.15, 0.2) is 0 Å². The molecule has 4 aliphatic rings. The number of rotatable bonds is 8. The molecule has 3 heteroatoms. The van der Waals surface area contributed by atoms with Gasteiger partial charge in [0.2, 0.25) is 0 Å². The Morgan fingerprint density at radius 1 is 0.829 bits per heavy atom. The van der Waals surface area contributed by atoms with Crippen molar-refractivity contribution in [1.82, 2.24) is 0 Å². The Hall–Kier alpha value is -2.29. The molecular formula is C38H54O3. The van der Waals surface area contributed by atoms with Crippen molar-refractivity contribution < 1.29 is 14.6 Å². The number of fused-ring (bicyclic) bond motifs is 5. The Morgan fingerprint density at radius 2 is 1.41 bits per heavy atom. The second kappa shape index (κ2) is 13.3. The maximum Gasteiger partial charge on any atom is 0.311 e. The van der Waals surface area contributed by atoms with Gasteiger partial charge in [0.1, 0.15) is 5.75 Å². The quantitative estimate of drug-likeness (QED) is 0.328. The van der Waals surface area contributed by atoms with E-state index in [1.165, 1.54) is 74.0 Å². The van der Waals surface area contributed by atoms with Crippen LogP contribution < -0.4 is 0 Å². The average molecular weight is 559 g/mol. The van der Waals surface area contributed by atoms with Crippen molar-refractivity contribution in [3.8, 4) is 5.75 Å². The monoisotopic (exact) mass is 558 g/mol. The molecule has 4 fully saturated rings. The van der Waals surface area contributed by atoms with Gasteiger partial charge in [-0.1, -0.05) is 69.0 Å². The highest BCUT2D eigenvalue weighted by Gasteiger charge is 2.48. The molecule has 3 nitrogen and oxygen atoms in total. The molecule has 0 spiro atoms. The molecule has 2 bridgehead atoms. The van der Waals surface area contributed by atoms with E-state index in [2.05, 4.69) is 31.2 Å². The van der Waals surface area contributed by atoms with Gasteiger partial charge in [-0.05, 0) is 142 Å². The number of carbonyl (C=O) groups excluding carboxylic acids is 1. The normalized spacial score (nSPS) is 27.0. The zero-order valence-electron chi connectivity index (χ0n) is 26.1. The summed E-state index contributed by atoms with van der Waals surface area (Å²) >= 11 is 0. The predicted molar refractivity (Wildman–Crippen MR) is 168 cm³/mol. The highest BCUT2D eigenvalue weighted by Crippen LogP contribution is 2.58. The molecule has 0 amide bonds.